The Hall–Kier alpha value is -1.59. The Labute approximate surface area is 144 Å². The molecule has 2 aliphatic rings. The van der Waals surface area contributed by atoms with Gasteiger partial charge < -0.3 is 15.3 Å². The lowest BCUT2D eigenvalue weighted by molar-refractivity contribution is 0.128. The Morgan fingerprint density at radius 2 is 1.88 bits per heavy atom. The summed E-state index contributed by atoms with van der Waals surface area (Å²) in [6.45, 7) is 4.74. The summed E-state index contributed by atoms with van der Waals surface area (Å²) in [7, 11) is 0. The molecule has 132 valence electrons. The molecule has 3 rings (SSSR count). The monoisotopic (exact) mass is 331 g/mol. The van der Waals surface area contributed by atoms with Gasteiger partial charge in [0, 0.05) is 38.8 Å². The van der Waals surface area contributed by atoms with Gasteiger partial charge >= 0.3 is 6.03 Å². The third-order valence-electron chi connectivity index (χ3n) is 5.24. The van der Waals surface area contributed by atoms with Crippen LogP contribution in [0.5, 0.6) is 0 Å². The van der Waals surface area contributed by atoms with Crippen molar-refractivity contribution >= 4 is 6.03 Å². The predicted octanol–water partition coefficient (Wildman–Crippen LogP) is 2.06. The maximum Gasteiger partial charge on any atom is 0.317 e. The minimum atomic E-state index is 0.0675. The number of likely N-dealkylation sites (tertiary alicyclic amines) is 2. The average Bonchev–Trinajstić information content (AvgIpc) is 2.63. The van der Waals surface area contributed by atoms with Crippen LogP contribution in [0, 0.1) is 5.92 Å². The van der Waals surface area contributed by atoms with E-state index in [1.54, 1.807) is 0 Å². The molecule has 0 aliphatic carbocycles. The molecule has 5 heteroatoms. The lowest BCUT2D eigenvalue weighted by Crippen LogP contribution is -2.52. The van der Waals surface area contributed by atoms with Crippen molar-refractivity contribution < 1.29 is 9.90 Å². The number of aliphatic hydroxyl groups excluding tert-OH is 1. The van der Waals surface area contributed by atoms with Crippen molar-refractivity contribution in [2.24, 2.45) is 5.92 Å². The molecule has 24 heavy (non-hydrogen) atoms. The number of aliphatic hydroxyl groups is 1. The van der Waals surface area contributed by atoms with E-state index in [9.17, 15) is 9.90 Å². The van der Waals surface area contributed by atoms with Gasteiger partial charge in [-0.15, -0.1) is 0 Å². The number of nitrogens with one attached hydrogen (secondary N) is 1. The SMILES string of the molecule is O=C(NC1CCCN(Cc2ccccc2)C1)N1CCC(CO)CC1. The molecule has 2 fully saturated rings. The van der Waals surface area contributed by atoms with Gasteiger partial charge in [0.2, 0.25) is 0 Å². The van der Waals surface area contributed by atoms with E-state index in [0.29, 0.717) is 5.92 Å². The molecule has 0 bridgehead atoms. The molecule has 0 radical (unpaired) electrons. The average molecular weight is 331 g/mol. The summed E-state index contributed by atoms with van der Waals surface area (Å²) >= 11 is 0. The zero-order valence-corrected chi connectivity index (χ0v) is 14.4. The molecule has 2 aliphatic heterocycles. The number of rotatable bonds is 4. The van der Waals surface area contributed by atoms with Crippen molar-refractivity contribution in [2.75, 3.05) is 32.8 Å². The van der Waals surface area contributed by atoms with Crippen LogP contribution >= 0.6 is 0 Å². The van der Waals surface area contributed by atoms with Crippen LogP contribution in [0.15, 0.2) is 30.3 Å². The fourth-order valence-corrected chi connectivity index (χ4v) is 3.74. The number of piperidine rings is 2. The second-order valence-electron chi connectivity index (χ2n) is 7.12. The van der Waals surface area contributed by atoms with Crippen LogP contribution in [-0.2, 0) is 6.54 Å². The molecule has 2 amide bonds. The van der Waals surface area contributed by atoms with Gasteiger partial charge in [-0.3, -0.25) is 4.90 Å². The maximum absolute atomic E-state index is 12.5. The standard InChI is InChI=1S/C19H29N3O2/c23-15-17-8-11-22(12-9-17)19(24)20-18-7-4-10-21(14-18)13-16-5-2-1-3-6-16/h1-3,5-6,17-18,23H,4,7-15H2,(H,20,24). The predicted molar refractivity (Wildman–Crippen MR) is 94.7 cm³/mol. The molecule has 1 atom stereocenters. The van der Waals surface area contributed by atoms with Crippen molar-refractivity contribution in [3.05, 3.63) is 35.9 Å². The van der Waals surface area contributed by atoms with Gasteiger partial charge in [-0.1, -0.05) is 30.3 Å². The lowest BCUT2D eigenvalue weighted by atomic mass is 9.98. The first-order valence-electron chi connectivity index (χ1n) is 9.17. The Kier molecular flexibility index (Phi) is 6.10. The first-order chi connectivity index (χ1) is 11.7. The smallest absolute Gasteiger partial charge is 0.317 e. The van der Waals surface area contributed by atoms with E-state index in [1.165, 1.54) is 5.56 Å². The van der Waals surface area contributed by atoms with Gasteiger partial charge in [0.15, 0.2) is 0 Å². The van der Waals surface area contributed by atoms with Crippen molar-refractivity contribution in [3.8, 4) is 0 Å². The third kappa shape index (κ3) is 4.71. The highest BCUT2D eigenvalue weighted by molar-refractivity contribution is 5.74. The summed E-state index contributed by atoms with van der Waals surface area (Å²) in [5.74, 6) is 0.366. The molecular formula is C19H29N3O2. The zero-order chi connectivity index (χ0) is 16.8. The normalized spacial score (nSPS) is 23.2. The molecule has 2 saturated heterocycles. The minimum absolute atomic E-state index is 0.0675. The summed E-state index contributed by atoms with van der Waals surface area (Å²) in [4.78, 5) is 16.8. The van der Waals surface area contributed by atoms with Crippen molar-refractivity contribution in [1.29, 1.82) is 0 Å². The van der Waals surface area contributed by atoms with Crippen LogP contribution in [0.25, 0.3) is 0 Å². The Morgan fingerprint density at radius 3 is 2.58 bits per heavy atom. The highest BCUT2D eigenvalue weighted by Gasteiger charge is 2.26. The highest BCUT2D eigenvalue weighted by Crippen LogP contribution is 2.18. The van der Waals surface area contributed by atoms with Crippen LogP contribution in [0.4, 0.5) is 4.79 Å². The second kappa shape index (κ2) is 8.49. The van der Waals surface area contributed by atoms with E-state index < -0.39 is 0 Å². The molecule has 1 unspecified atom stereocenters. The van der Waals surface area contributed by atoms with Gasteiger partial charge in [-0.25, -0.2) is 4.79 Å². The molecule has 2 heterocycles. The Morgan fingerprint density at radius 1 is 1.12 bits per heavy atom. The quantitative estimate of drug-likeness (QED) is 0.888. The van der Waals surface area contributed by atoms with Crippen LogP contribution in [0.3, 0.4) is 0 Å². The molecule has 0 spiro atoms. The van der Waals surface area contributed by atoms with Crippen LogP contribution in [0.2, 0.25) is 0 Å². The number of hydrogen-bond acceptors (Lipinski definition) is 3. The minimum Gasteiger partial charge on any atom is -0.396 e. The molecule has 5 nitrogen and oxygen atoms in total. The number of hydrogen-bond donors (Lipinski definition) is 2. The van der Waals surface area contributed by atoms with E-state index in [-0.39, 0.29) is 18.7 Å². The number of urea groups is 1. The number of benzene rings is 1. The van der Waals surface area contributed by atoms with Gasteiger partial charge in [0.05, 0.1) is 0 Å². The van der Waals surface area contributed by atoms with E-state index in [2.05, 4.69) is 34.5 Å². The van der Waals surface area contributed by atoms with Crippen LogP contribution in [0.1, 0.15) is 31.2 Å². The van der Waals surface area contributed by atoms with Crippen molar-refractivity contribution in [2.45, 2.75) is 38.3 Å². The van der Waals surface area contributed by atoms with Gasteiger partial charge in [-0.2, -0.15) is 0 Å². The van der Waals surface area contributed by atoms with Gasteiger partial charge in [0.1, 0.15) is 0 Å². The number of nitrogens with zero attached hydrogens (tertiary/aromatic N) is 2. The van der Waals surface area contributed by atoms with E-state index in [4.69, 9.17) is 0 Å². The third-order valence-corrected chi connectivity index (χ3v) is 5.24. The first kappa shape index (κ1) is 17.2. The zero-order valence-electron chi connectivity index (χ0n) is 14.4. The fraction of sp³-hybridized carbons (Fsp3) is 0.632. The topological polar surface area (TPSA) is 55.8 Å². The summed E-state index contributed by atoms with van der Waals surface area (Å²) in [5, 5.41) is 12.4. The molecule has 0 saturated carbocycles. The maximum atomic E-state index is 12.5. The van der Waals surface area contributed by atoms with E-state index in [0.717, 1.165) is 58.4 Å². The highest BCUT2D eigenvalue weighted by atomic mass is 16.3. The van der Waals surface area contributed by atoms with E-state index in [1.807, 2.05) is 11.0 Å². The molecule has 1 aromatic carbocycles. The van der Waals surface area contributed by atoms with Gasteiger partial charge in [0.25, 0.3) is 0 Å². The molecule has 1 aromatic rings. The van der Waals surface area contributed by atoms with Crippen LogP contribution < -0.4 is 5.32 Å². The Balaban J connectivity index is 1.46. The first-order valence-corrected chi connectivity index (χ1v) is 9.17. The van der Waals surface area contributed by atoms with E-state index >= 15 is 0 Å². The summed E-state index contributed by atoms with van der Waals surface area (Å²) in [5.41, 5.74) is 1.33. The second-order valence-corrected chi connectivity index (χ2v) is 7.12. The molecule has 0 aromatic heterocycles. The van der Waals surface area contributed by atoms with Crippen molar-refractivity contribution in [3.63, 3.8) is 0 Å². The lowest BCUT2D eigenvalue weighted by Gasteiger charge is -2.36. The van der Waals surface area contributed by atoms with Gasteiger partial charge in [-0.05, 0) is 43.7 Å². The largest absolute Gasteiger partial charge is 0.396 e. The Bertz CT molecular complexity index is 515. The molecular weight excluding hydrogens is 302 g/mol. The van der Waals surface area contributed by atoms with Crippen LogP contribution in [-0.4, -0.2) is 59.8 Å². The number of amides is 2. The molecule has 2 N–H and O–H groups in total. The summed E-state index contributed by atoms with van der Waals surface area (Å²) < 4.78 is 0. The summed E-state index contributed by atoms with van der Waals surface area (Å²) in [6.07, 6.45) is 4.01. The number of carbonyl (C=O) groups excluding carboxylic acids is 1. The summed E-state index contributed by atoms with van der Waals surface area (Å²) in [6, 6.07) is 10.8. The number of carbonyl (C=O) groups is 1. The van der Waals surface area contributed by atoms with Crippen molar-refractivity contribution in [1.82, 2.24) is 15.1 Å². The fourth-order valence-electron chi connectivity index (χ4n) is 3.74.